The molecule has 0 saturated heterocycles. The molecule has 132 valence electrons. The van der Waals surface area contributed by atoms with Crippen LogP contribution in [0.1, 0.15) is 24.3 Å². The van der Waals surface area contributed by atoms with Crippen molar-refractivity contribution in [1.29, 1.82) is 0 Å². The van der Waals surface area contributed by atoms with Crippen LogP contribution in [0, 0.1) is 0 Å². The van der Waals surface area contributed by atoms with E-state index in [4.69, 9.17) is 4.74 Å². The zero-order valence-electron chi connectivity index (χ0n) is 14.4. The third-order valence-corrected chi connectivity index (χ3v) is 4.50. The highest BCUT2D eigenvalue weighted by atomic mass is 32.1. The number of ketones is 1. The van der Waals surface area contributed by atoms with Crippen LogP contribution >= 0.6 is 11.3 Å². The van der Waals surface area contributed by atoms with Crippen molar-refractivity contribution in [3.8, 4) is 16.9 Å². The number of carbonyl (C=O) groups excluding carboxylic acids is 2. The number of nitrogens with zero attached hydrogens (tertiary/aromatic N) is 1. The molecular weight excluding hydrogens is 348 g/mol. The minimum Gasteiger partial charge on any atom is -0.481 e. The molecule has 2 aromatic carbocycles. The Labute approximate surface area is 155 Å². The highest BCUT2D eigenvalue weighted by Crippen LogP contribution is 2.23. The van der Waals surface area contributed by atoms with Crippen molar-refractivity contribution >= 4 is 28.2 Å². The van der Waals surface area contributed by atoms with Crippen molar-refractivity contribution in [2.24, 2.45) is 0 Å². The quantitative estimate of drug-likeness (QED) is 0.656. The van der Waals surface area contributed by atoms with Crippen molar-refractivity contribution in [2.45, 2.75) is 20.0 Å². The fourth-order valence-corrected chi connectivity index (χ4v) is 3.07. The molecule has 3 rings (SSSR count). The lowest BCUT2D eigenvalue weighted by molar-refractivity contribution is -0.122. The maximum absolute atomic E-state index is 12.2. The summed E-state index contributed by atoms with van der Waals surface area (Å²) >= 11 is 1.21. The molecule has 1 heterocycles. The average molecular weight is 366 g/mol. The summed E-state index contributed by atoms with van der Waals surface area (Å²) in [6, 6.07) is 17.6. The van der Waals surface area contributed by atoms with Gasteiger partial charge < -0.3 is 4.74 Å². The maximum Gasteiger partial charge on any atom is 0.266 e. The normalized spacial score (nSPS) is 11.6. The Kier molecular flexibility index (Phi) is 5.43. The Bertz CT molecular complexity index is 904. The van der Waals surface area contributed by atoms with Crippen LogP contribution in [0.15, 0.2) is 60.0 Å². The van der Waals surface area contributed by atoms with Crippen molar-refractivity contribution in [1.82, 2.24) is 4.98 Å². The van der Waals surface area contributed by atoms with E-state index in [0.717, 1.165) is 11.1 Å². The fourth-order valence-electron chi connectivity index (χ4n) is 2.31. The molecule has 5 nitrogen and oxygen atoms in total. The van der Waals surface area contributed by atoms with E-state index in [1.54, 1.807) is 12.3 Å². The van der Waals surface area contributed by atoms with Gasteiger partial charge in [0, 0.05) is 12.3 Å². The summed E-state index contributed by atoms with van der Waals surface area (Å²) in [5.41, 5.74) is 2.54. The first-order valence-corrected chi connectivity index (χ1v) is 9.00. The Morgan fingerprint density at radius 2 is 1.69 bits per heavy atom. The highest BCUT2D eigenvalue weighted by Gasteiger charge is 2.17. The molecule has 0 radical (unpaired) electrons. The van der Waals surface area contributed by atoms with Gasteiger partial charge in [0.15, 0.2) is 17.0 Å². The molecule has 0 bridgehead atoms. The Balaban J connectivity index is 1.60. The van der Waals surface area contributed by atoms with E-state index in [-0.39, 0.29) is 11.7 Å². The number of carbonyl (C=O) groups is 2. The summed E-state index contributed by atoms with van der Waals surface area (Å²) in [4.78, 5) is 27.6. The average Bonchev–Trinajstić information content (AvgIpc) is 3.12. The van der Waals surface area contributed by atoms with Gasteiger partial charge in [0.25, 0.3) is 5.91 Å². The second kappa shape index (κ2) is 7.93. The van der Waals surface area contributed by atoms with Gasteiger partial charge in [-0.1, -0.05) is 42.5 Å². The number of nitrogens with one attached hydrogen (secondary N) is 1. The summed E-state index contributed by atoms with van der Waals surface area (Å²) in [6.07, 6.45) is -0.692. The number of hydrogen-bond acceptors (Lipinski definition) is 5. The molecule has 0 spiro atoms. The molecule has 1 unspecified atom stereocenters. The smallest absolute Gasteiger partial charge is 0.266 e. The van der Waals surface area contributed by atoms with E-state index >= 15 is 0 Å². The van der Waals surface area contributed by atoms with Gasteiger partial charge in [0.1, 0.15) is 11.4 Å². The van der Waals surface area contributed by atoms with Gasteiger partial charge in [-0.15, -0.1) is 11.3 Å². The molecule has 0 fully saturated rings. The van der Waals surface area contributed by atoms with E-state index in [9.17, 15) is 9.59 Å². The van der Waals surface area contributed by atoms with Gasteiger partial charge in [0.05, 0.1) is 0 Å². The van der Waals surface area contributed by atoms with Crippen LogP contribution < -0.4 is 10.1 Å². The number of aromatic nitrogens is 1. The molecule has 1 atom stereocenters. The zero-order chi connectivity index (χ0) is 18.5. The maximum atomic E-state index is 12.2. The minimum atomic E-state index is -0.692. The molecule has 3 aromatic rings. The number of benzene rings is 2. The second-order valence-electron chi connectivity index (χ2n) is 5.73. The SMILES string of the molecule is CC(=O)c1csc(NC(=O)C(C)Oc2ccc(-c3ccccc3)cc2)n1. The molecule has 1 aromatic heterocycles. The van der Waals surface area contributed by atoms with Gasteiger partial charge in [0.2, 0.25) is 0 Å². The fraction of sp³-hybridized carbons (Fsp3) is 0.150. The Morgan fingerprint density at radius 3 is 2.31 bits per heavy atom. The van der Waals surface area contributed by atoms with Crippen LogP contribution in [0.2, 0.25) is 0 Å². The third-order valence-electron chi connectivity index (χ3n) is 3.74. The van der Waals surface area contributed by atoms with Crippen LogP contribution in [-0.4, -0.2) is 22.8 Å². The first-order valence-electron chi connectivity index (χ1n) is 8.12. The molecule has 0 saturated carbocycles. The van der Waals surface area contributed by atoms with Crippen LogP contribution in [0.4, 0.5) is 5.13 Å². The van der Waals surface area contributed by atoms with E-state index < -0.39 is 6.10 Å². The van der Waals surface area contributed by atoms with E-state index in [2.05, 4.69) is 10.3 Å². The van der Waals surface area contributed by atoms with Crippen molar-refractivity contribution in [3.05, 3.63) is 65.7 Å². The molecular formula is C20H18N2O3S. The number of rotatable bonds is 6. The number of hydrogen-bond donors (Lipinski definition) is 1. The van der Waals surface area contributed by atoms with Gasteiger partial charge >= 0.3 is 0 Å². The summed E-state index contributed by atoms with van der Waals surface area (Å²) < 4.78 is 5.69. The second-order valence-corrected chi connectivity index (χ2v) is 6.59. The number of ether oxygens (including phenoxy) is 1. The molecule has 0 aliphatic rings. The first kappa shape index (κ1) is 17.8. The molecule has 0 aliphatic carbocycles. The molecule has 1 N–H and O–H groups in total. The lowest BCUT2D eigenvalue weighted by Gasteiger charge is -2.14. The Hall–Kier alpha value is -2.99. The molecule has 1 amide bonds. The standard InChI is InChI=1S/C20H18N2O3S/c1-13(23)18-12-26-20(21-18)22-19(24)14(2)25-17-10-8-16(9-11-17)15-6-4-3-5-7-15/h3-12,14H,1-2H3,(H,21,22,24). The largest absolute Gasteiger partial charge is 0.481 e. The van der Waals surface area contributed by atoms with Gasteiger partial charge in [-0.25, -0.2) is 4.98 Å². The molecule has 6 heteroatoms. The van der Waals surface area contributed by atoms with Crippen molar-refractivity contribution < 1.29 is 14.3 Å². The molecule has 26 heavy (non-hydrogen) atoms. The topological polar surface area (TPSA) is 68.3 Å². The number of Topliss-reactive ketones (excluding diaryl/α,β-unsaturated/α-hetero) is 1. The highest BCUT2D eigenvalue weighted by molar-refractivity contribution is 7.14. The predicted molar refractivity (Wildman–Crippen MR) is 103 cm³/mol. The minimum absolute atomic E-state index is 0.135. The van der Waals surface area contributed by atoms with Crippen LogP contribution in [0.25, 0.3) is 11.1 Å². The predicted octanol–water partition coefficient (Wildman–Crippen LogP) is 4.42. The van der Waals surface area contributed by atoms with E-state index in [1.165, 1.54) is 18.3 Å². The van der Waals surface area contributed by atoms with Crippen LogP contribution in [0.5, 0.6) is 5.75 Å². The lowest BCUT2D eigenvalue weighted by atomic mass is 10.1. The Morgan fingerprint density at radius 1 is 1.04 bits per heavy atom. The van der Waals surface area contributed by atoms with Gasteiger partial charge in [-0.2, -0.15) is 0 Å². The number of anilines is 1. The third kappa shape index (κ3) is 4.34. The van der Waals surface area contributed by atoms with Crippen molar-refractivity contribution in [3.63, 3.8) is 0 Å². The lowest BCUT2D eigenvalue weighted by Crippen LogP contribution is -2.30. The monoisotopic (exact) mass is 366 g/mol. The van der Waals surface area contributed by atoms with Crippen LogP contribution in [0.3, 0.4) is 0 Å². The summed E-state index contributed by atoms with van der Waals surface area (Å²) in [5, 5.41) is 4.67. The first-order chi connectivity index (χ1) is 12.5. The van der Waals surface area contributed by atoms with Crippen LogP contribution in [-0.2, 0) is 4.79 Å². The zero-order valence-corrected chi connectivity index (χ0v) is 15.2. The molecule has 0 aliphatic heterocycles. The summed E-state index contributed by atoms with van der Waals surface area (Å²) in [5.74, 6) is 0.155. The summed E-state index contributed by atoms with van der Waals surface area (Å²) in [6.45, 7) is 3.10. The van der Waals surface area contributed by atoms with Gasteiger partial charge in [-0.05, 0) is 30.2 Å². The number of amides is 1. The summed E-state index contributed by atoms with van der Waals surface area (Å²) in [7, 11) is 0. The number of thiazole rings is 1. The van der Waals surface area contributed by atoms with E-state index in [0.29, 0.717) is 16.6 Å². The van der Waals surface area contributed by atoms with E-state index in [1.807, 2.05) is 54.6 Å². The van der Waals surface area contributed by atoms with Crippen molar-refractivity contribution in [2.75, 3.05) is 5.32 Å². The van der Waals surface area contributed by atoms with Gasteiger partial charge in [-0.3, -0.25) is 14.9 Å².